The van der Waals surface area contributed by atoms with Crippen LogP contribution in [0.2, 0.25) is 0 Å². The Balaban J connectivity index is 1.59. The fraction of sp³-hybridized carbons (Fsp3) is 0.0588. The topological polar surface area (TPSA) is 134 Å². The fourth-order valence-electron chi connectivity index (χ4n) is 6.28. The van der Waals surface area contributed by atoms with Crippen LogP contribution in [0.5, 0.6) is 23.0 Å². The lowest BCUT2D eigenvalue weighted by molar-refractivity contribution is 0.0245. The van der Waals surface area contributed by atoms with Gasteiger partial charge in [0.05, 0.1) is 46.9 Å². The summed E-state index contributed by atoms with van der Waals surface area (Å²) in [6, 6.07) is 15.9. The number of esters is 2. The number of carbonyl (C=O) groups is 2. The number of phenolic OH excluding ortho intramolecular Hbond substituents is 4. The fourth-order valence-corrected chi connectivity index (χ4v) is 11.0. The third-order valence-electron chi connectivity index (χ3n) is 8.54. The van der Waals surface area contributed by atoms with Gasteiger partial charge in [-0.2, -0.15) is 0 Å². The highest BCUT2D eigenvalue weighted by Crippen LogP contribution is 2.56. The summed E-state index contributed by atoms with van der Waals surface area (Å²) in [6.45, 7) is 0. The summed E-state index contributed by atoms with van der Waals surface area (Å²) in [4.78, 5) is 28.4. The van der Waals surface area contributed by atoms with Gasteiger partial charge in [0, 0.05) is 33.4 Å². The first kappa shape index (κ1) is 36.4. The molecule has 5 aromatic rings. The number of hydrogen-bond donors (Lipinski definition) is 4. The minimum absolute atomic E-state index is 0.0822. The van der Waals surface area contributed by atoms with E-state index >= 15 is 0 Å². The van der Waals surface area contributed by atoms with Crippen molar-refractivity contribution in [2.24, 2.45) is 0 Å². The molecular weight excluding hydrogens is 1180 g/mol. The minimum Gasteiger partial charge on any atom is -0.506 e. The van der Waals surface area contributed by atoms with Crippen molar-refractivity contribution in [3.8, 4) is 23.0 Å². The van der Waals surface area contributed by atoms with Crippen LogP contribution in [0.25, 0.3) is 0 Å². The highest BCUT2D eigenvalue weighted by atomic mass is 79.9. The maximum absolute atomic E-state index is 14.2. The van der Waals surface area contributed by atoms with Crippen molar-refractivity contribution in [2.45, 2.75) is 11.2 Å². The minimum atomic E-state index is -1.69. The van der Waals surface area contributed by atoms with Crippen LogP contribution in [0, 0.1) is 0 Å². The molecule has 2 aliphatic rings. The van der Waals surface area contributed by atoms with Crippen molar-refractivity contribution in [3.05, 3.63) is 141 Å². The summed E-state index contributed by atoms with van der Waals surface area (Å²) in [5.41, 5.74) is -0.960. The summed E-state index contributed by atoms with van der Waals surface area (Å²) in [6.07, 6.45) is 0. The van der Waals surface area contributed by atoms with Gasteiger partial charge in [-0.15, -0.1) is 0 Å². The summed E-state index contributed by atoms with van der Waals surface area (Å²) in [5.74, 6) is -1.78. The maximum Gasteiger partial charge on any atom is 0.340 e. The van der Waals surface area contributed by atoms with Crippen LogP contribution < -0.4 is 0 Å². The van der Waals surface area contributed by atoms with Gasteiger partial charge in [-0.3, -0.25) is 0 Å². The Morgan fingerprint density at radius 2 is 0.580 bits per heavy atom. The average Bonchev–Trinajstić information content (AvgIpc) is 3.53. The largest absolute Gasteiger partial charge is 0.506 e. The van der Waals surface area contributed by atoms with Crippen LogP contribution in [0.4, 0.5) is 0 Å². The number of carbonyl (C=O) groups excluding carboxylic acids is 2. The Kier molecular flexibility index (Phi) is 9.39. The van der Waals surface area contributed by atoms with E-state index in [1.165, 1.54) is 0 Å². The van der Waals surface area contributed by atoms with Crippen molar-refractivity contribution in [2.75, 3.05) is 0 Å². The summed E-state index contributed by atoms with van der Waals surface area (Å²) in [7, 11) is 0. The lowest BCUT2D eigenvalue weighted by Crippen LogP contribution is -2.30. The van der Waals surface area contributed by atoms with Crippen LogP contribution in [-0.2, 0) is 20.7 Å². The highest BCUT2D eigenvalue weighted by Gasteiger charge is 2.55. The van der Waals surface area contributed by atoms with Crippen molar-refractivity contribution < 1.29 is 39.5 Å². The van der Waals surface area contributed by atoms with Crippen LogP contribution in [0.1, 0.15) is 54.1 Å². The van der Waals surface area contributed by atoms with E-state index in [1.807, 2.05) is 0 Å². The summed E-state index contributed by atoms with van der Waals surface area (Å²) >= 11 is 27.1. The third kappa shape index (κ3) is 5.37. The van der Waals surface area contributed by atoms with Gasteiger partial charge < -0.3 is 29.9 Å². The van der Waals surface area contributed by atoms with Gasteiger partial charge >= 0.3 is 11.9 Å². The number of rotatable bonds is 4. The number of benzene rings is 5. The SMILES string of the molecule is O=C1OC(c2cc(Br)c(O)c(Br)c2)(c2cc(Br)c(O)c(Br)c2)c2cc3c(cc21)C(c1cc(Br)c(O)c(Br)c1)(c1cc(Br)c(O)c(Br)c1)OC3=O. The van der Waals surface area contributed by atoms with E-state index < -0.39 is 23.1 Å². The highest BCUT2D eigenvalue weighted by molar-refractivity contribution is 9.12. The van der Waals surface area contributed by atoms with Crippen molar-refractivity contribution in [1.29, 1.82) is 0 Å². The zero-order valence-corrected chi connectivity index (χ0v) is 36.9. The van der Waals surface area contributed by atoms with Crippen molar-refractivity contribution in [1.82, 2.24) is 0 Å². The number of ether oxygens (including phenoxy) is 2. The summed E-state index contributed by atoms with van der Waals surface area (Å²) in [5, 5.41) is 42.4. The molecule has 0 saturated carbocycles. The zero-order valence-electron chi connectivity index (χ0n) is 24.2. The van der Waals surface area contributed by atoms with Crippen molar-refractivity contribution in [3.63, 3.8) is 0 Å². The second-order valence-corrected chi connectivity index (χ2v) is 18.1. The van der Waals surface area contributed by atoms with Gasteiger partial charge in [-0.1, -0.05) is 0 Å². The van der Waals surface area contributed by atoms with E-state index in [2.05, 4.69) is 127 Å². The molecular formula is C34H14Br8O8. The van der Waals surface area contributed by atoms with E-state index in [0.717, 1.165) is 0 Å². The number of hydrogen-bond acceptors (Lipinski definition) is 8. The molecule has 254 valence electrons. The number of cyclic esters (lactones) is 2. The lowest BCUT2D eigenvalue weighted by atomic mass is 9.75. The molecule has 0 radical (unpaired) electrons. The molecule has 0 aromatic heterocycles. The molecule has 0 aliphatic carbocycles. The molecule has 8 nitrogen and oxygen atoms in total. The summed E-state index contributed by atoms with van der Waals surface area (Å²) < 4.78 is 15.1. The molecule has 50 heavy (non-hydrogen) atoms. The first-order chi connectivity index (χ1) is 23.5. The van der Waals surface area contributed by atoms with Gasteiger partial charge in [0.1, 0.15) is 23.0 Å². The first-order valence-corrected chi connectivity index (χ1v) is 20.2. The van der Waals surface area contributed by atoms with Gasteiger partial charge in [0.25, 0.3) is 0 Å². The number of halogens is 8. The normalized spacial score (nSPS) is 15.4. The molecule has 0 fully saturated rings. The predicted molar refractivity (Wildman–Crippen MR) is 211 cm³/mol. The second-order valence-electron chi connectivity index (χ2n) is 11.2. The predicted octanol–water partition coefficient (Wildman–Crippen LogP) is 11.5. The molecule has 5 aromatic carbocycles. The average molecular weight is 1190 g/mol. The first-order valence-electron chi connectivity index (χ1n) is 13.9. The van der Waals surface area contributed by atoms with Crippen LogP contribution in [0.3, 0.4) is 0 Å². The second kappa shape index (κ2) is 12.9. The maximum atomic E-state index is 14.2. The zero-order chi connectivity index (χ0) is 36.2. The van der Waals surface area contributed by atoms with Crippen LogP contribution in [0.15, 0.2) is 96.4 Å². The molecule has 0 unspecified atom stereocenters. The Morgan fingerprint density at radius 3 is 0.780 bits per heavy atom. The van der Waals surface area contributed by atoms with E-state index in [0.29, 0.717) is 69.2 Å². The van der Waals surface area contributed by atoms with Gasteiger partial charge in [0.2, 0.25) is 0 Å². The standard InChI is InChI=1S/C34H14Br8O8/c35-19-1-11(2-20(36)27(19)43)33(12-3-21(37)28(44)22(38)4-12)17-9-16-18(10-15(17)31(47)49-33)34(50-32(16)48,13-5-23(39)29(45)24(40)6-13)14-7-25(41)30(46)26(42)8-14/h1-10,43-46H. The molecule has 0 bridgehead atoms. The van der Waals surface area contributed by atoms with E-state index in [-0.39, 0.29) is 34.1 Å². The van der Waals surface area contributed by atoms with E-state index in [1.54, 1.807) is 60.7 Å². The number of phenols is 4. The lowest BCUT2D eigenvalue weighted by Gasteiger charge is -2.32. The smallest absolute Gasteiger partial charge is 0.340 e. The number of fused-ring (bicyclic) bond motifs is 2. The molecule has 0 spiro atoms. The monoisotopic (exact) mass is 1180 g/mol. The molecule has 0 saturated heterocycles. The quantitative estimate of drug-likeness (QED) is 0.131. The van der Waals surface area contributed by atoms with Gasteiger partial charge in [-0.25, -0.2) is 9.59 Å². The van der Waals surface area contributed by atoms with Gasteiger partial charge in [-0.05, 0) is 188 Å². The Hall–Kier alpha value is -1.92. The van der Waals surface area contributed by atoms with Crippen molar-refractivity contribution >= 4 is 139 Å². The Labute approximate surface area is 350 Å². The Bertz CT molecular complexity index is 2000. The number of aromatic hydroxyl groups is 4. The molecule has 0 atom stereocenters. The molecule has 16 heteroatoms. The molecule has 7 rings (SSSR count). The van der Waals surface area contributed by atoms with Crippen LogP contribution >= 0.6 is 127 Å². The van der Waals surface area contributed by atoms with Gasteiger partial charge in [0.15, 0.2) is 11.2 Å². The molecule has 2 heterocycles. The van der Waals surface area contributed by atoms with E-state index in [9.17, 15) is 30.0 Å². The third-order valence-corrected chi connectivity index (χ3v) is 13.4. The molecule has 4 N–H and O–H groups in total. The molecule has 0 amide bonds. The Morgan fingerprint density at radius 1 is 0.380 bits per heavy atom. The van der Waals surface area contributed by atoms with E-state index in [4.69, 9.17) is 9.47 Å². The molecule has 2 aliphatic heterocycles. The van der Waals surface area contributed by atoms with Crippen LogP contribution in [-0.4, -0.2) is 32.4 Å².